The fourth-order valence-electron chi connectivity index (χ4n) is 2.23. The van der Waals surface area contributed by atoms with Crippen molar-refractivity contribution in [3.8, 4) is 0 Å². The minimum Gasteiger partial charge on any atom is -0.444 e. The maximum atomic E-state index is 13.5. The maximum absolute atomic E-state index is 13.5. The molecule has 3 rings (SSSR count). The molecule has 0 N–H and O–H groups in total. The molecule has 2 aromatic rings. The Morgan fingerprint density at radius 2 is 2.00 bits per heavy atom. The van der Waals surface area contributed by atoms with Crippen LogP contribution in [-0.2, 0) is 17.9 Å². The summed E-state index contributed by atoms with van der Waals surface area (Å²) in [4.78, 5) is 13.4. The van der Waals surface area contributed by atoms with Crippen molar-refractivity contribution in [1.82, 2.24) is 4.90 Å². The van der Waals surface area contributed by atoms with Gasteiger partial charge < -0.3 is 4.74 Å². The summed E-state index contributed by atoms with van der Waals surface area (Å²) >= 11 is 0. The lowest BCUT2D eigenvalue weighted by atomic mass is 10.1. The average molecular weight is 301 g/mol. The molecule has 0 atom stereocenters. The summed E-state index contributed by atoms with van der Waals surface area (Å²) in [6.45, 7) is 0.161. The molecule has 0 unspecified atom stereocenters. The molecule has 0 saturated carbocycles. The van der Waals surface area contributed by atoms with Crippen LogP contribution in [0.2, 0.25) is 0 Å². The van der Waals surface area contributed by atoms with Gasteiger partial charge >= 0.3 is 6.09 Å². The van der Waals surface area contributed by atoms with Gasteiger partial charge in [0, 0.05) is 17.8 Å². The van der Waals surface area contributed by atoms with Crippen LogP contribution in [0.4, 0.5) is 13.6 Å². The monoisotopic (exact) mass is 301 g/mol. The zero-order chi connectivity index (χ0) is 15.5. The number of benzene rings is 2. The first-order chi connectivity index (χ1) is 10.6. The summed E-state index contributed by atoms with van der Waals surface area (Å²) in [6.07, 6.45) is 2.87. The Labute approximate surface area is 126 Å². The zero-order valence-electron chi connectivity index (χ0n) is 11.6. The lowest BCUT2D eigenvalue weighted by Crippen LogP contribution is -2.28. The first-order valence-corrected chi connectivity index (χ1v) is 6.77. The molecule has 1 heterocycles. The fraction of sp³-hybridized carbons (Fsp3) is 0.118. The van der Waals surface area contributed by atoms with Crippen LogP contribution < -0.4 is 0 Å². The molecule has 1 amide bonds. The second-order valence-corrected chi connectivity index (χ2v) is 4.93. The van der Waals surface area contributed by atoms with Gasteiger partial charge in [-0.25, -0.2) is 13.6 Å². The van der Waals surface area contributed by atoms with Gasteiger partial charge in [0.1, 0.15) is 18.2 Å². The van der Waals surface area contributed by atoms with E-state index in [1.165, 1.54) is 11.0 Å². The minimum atomic E-state index is -0.729. The van der Waals surface area contributed by atoms with Crippen molar-refractivity contribution < 1.29 is 18.3 Å². The number of nitrogens with zero attached hydrogens (tertiary/aromatic N) is 1. The van der Waals surface area contributed by atoms with E-state index in [2.05, 4.69) is 0 Å². The molecule has 112 valence electrons. The average Bonchev–Trinajstić information content (AvgIpc) is 2.53. The van der Waals surface area contributed by atoms with Crippen LogP contribution in [0.25, 0.3) is 6.08 Å². The number of halogens is 2. The van der Waals surface area contributed by atoms with E-state index in [1.54, 1.807) is 6.20 Å². The third-order valence-corrected chi connectivity index (χ3v) is 3.43. The third kappa shape index (κ3) is 2.98. The van der Waals surface area contributed by atoms with E-state index in [0.29, 0.717) is 6.54 Å². The Morgan fingerprint density at radius 3 is 2.82 bits per heavy atom. The van der Waals surface area contributed by atoms with Crippen LogP contribution in [0.3, 0.4) is 0 Å². The van der Waals surface area contributed by atoms with Crippen molar-refractivity contribution in [2.24, 2.45) is 0 Å². The molecule has 0 radical (unpaired) electrons. The van der Waals surface area contributed by atoms with E-state index in [4.69, 9.17) is 4.74 Å². The standard InChI is InChI=1S/C17H13F2NO2/c18-15-6-5-14(16(19)9-15)11-22-17(21)20-8-7-12-3-1-2-4-13(12)10-20/h1-9H,10-11H2. The predicted molar refractivity (Wildman–Crippen MR) is 77.6 cm³/mol. The van der Waals surface area contributed by atoms with Crippen LogP contribution >= 0.6 is 0 Å². The summed E-state index contributed by atoms with van der Waals surface area (Å²) in [5.41, 5.74) is 2.20. The smallest absolute Gasteiger partial charge is 0.414 e. The van der Waals surface area contributed by atoms with Crippen molar-refractivity contribution >= 4 is 12.2 Å². The highest BCUT2D eigenvalue weighted by Crippen LogP contribution is 2.20. The maximum Gasteiger partial charge on any atom is 0.414 e. The van der Waals surface area contributed by atoms with Crippen molar-refractivity contribution in [3.05, 3.63) is 77.0 Å². The molecule has 0 aliphatic carbocycles. The van der Waals surface area contributed by atoms with Crippen molar-refractivity contribution in [3.63, 3.8) is 0 Å². The molecular formula is C17H13F2NO2. The topological polar surface area (TPSA) is 29.5 Å². The van der Waals surface area contributed by atoms with Crippen LogP contribution in [0.1, 0.15) is 16.7 Å². The number of amides is 1. The van der Waals surface area contributed by atoms with Crippen LogP contribution in [-0.4, -0.2) is 11.0 Å². The van der Waals surface area contributed by atoms with E-state index >= 15 is 0 Å². The number of hydrogen-bond acceptors (Lipinski definition) is 2. The Morgan fingerprint density at radius 1 is 1.18 bits per heavy atom. The third-order valence-electron chi connectivity index (χ3n) is 3.43. The lowest BCUT2D eigenvalue weighted by molar-refractivity contribution is 0.107. The molecule has 5 heteroatoms. The summed E-state index contributed by atoms with van der Waals surface area (Å²) in [7, 11) is 0. The molecule has 0 aromatic heterocycles. The van der Waals surface area contributed by atoms with Gasteiger partial charge in [-0.2, -0.15) is 0 Å². The van der Waals surface area contributed by atoms with E-state index in [9.17, 15) is 13.6 Å². The van der Waals surface area contributed by atoms with Gasteiger partial charge in [0.25, 0.3) is 0 Å². The number of fused-ring (bicyclic) bond motifs is 1. The van der Waals surface area contributed by atoms with E-state index in [1.807, 2.05) is 30.3 Å². The normalized spacial score (nSPS) is 12.9. The molecule has 3 nitrogen and oxygen atoms in total. The van der Waals surface area contributed by atoms with Gasteiger partial charge in [-0.3, -0.25) is 4.90 Å². The Kier molecular flexibility index (Phi) is 3.87. The molecule has 0 saturated heterocycles. The molecule has 1 aliphatic rings. The zero-order valence-corrected chi connectivity index (χ0v) is 11.6. The second-order valence-electron chi connectivity index (χ2n) is 4.93. The lowest BCUT2D eigenvalue weighted by Gasteiger charge is -2.23. The molecule has 22 heavy (non-hydrogen) atoms. The first kappa shape index (κ1) is 14.3. The molecule has 0 bridgehead atoms. The van der Waals surface area contributed by atoms with Crippen molar-refractivity contribution in [1.29, 1.82) is 0 Å². The predicted octanol–water partition coefficient (Wildman–Crippen LogP) is 4.09. The van der Waals surface area contributed by atoms with Gasteiger partial charge in [0.2, 0.25) is 0 Å². The van der Waals surface area contributed by atoms with Crippen LogP contribution in [0.15, 0.2) is 48.7 Å². The van der Waals surface area contributed by atoms with E-state index < -0.39 is 17.7 Å². The van der Waals surface area contributed by atoms with Gasteiger partial charge in [-0.1, -0.05) is 24.3 Å². The molecule has 2 aromatic carbocycles. The van der Waals surface area contributed by atoms with Crippen LogP contribution in [0.5, 0.6) is 0 Å². The van der Waals surface area contributed by atoms with E-state index in [0.717, 1.165) is 23.3 Å². The summed E-state index contributed by atoms with van der Waals surface area (Å²) in [5, 5.41) is 0. The summed E-state index contributed by atoms with van der Waals surface area (Å²) in [6, 6.07) is 10.9. The molecular weight excluding hydrogens is 288 g/mol. The largest absolute Gasteiger partial charge is 0.444 e. The Hall–Kier alpha value is -2.69. The Bertz CT molecular complexity index is 743. The van der Waals surface area contributed by atoms with Crippen molar-refractivity contribution in [2.75, 3.05) is 0 Å². The highest BCUT2D eigenvalue weighted by molar-refractivity contribution is 5.72. The van der Waals surface area contributed by atoms with Gasteiger partial charge in [0.15, 0.2) is 0 Å². The van der Waals surface area contributed by atoms with Gasteiger partial charge in [0.05, 0.1) is 6.54 Å². The van der Waals surface area contributed by atoms with E-state index in [-0.39, 0.29) is 12.2 Å². The van der Waals surface area contributed by atoms with Gasteiger partial charge in [-0.05, 0) is 29.3 Å². The highest BCUT2D eigenvalue weighted by Gasteiger charge is 2.18. The molecule has 0 fully saturated rings. The summed E-state index contributed by atoms with van der Waals surface area (Å²) in [5.74, 6) is -1.39. The number of carbonyl (C=O) groups is 1. The second kappa shape index (κ2) is 5.97. The number of hydrogen-bond donors (Lipinski definition) is 0. The highest BCUT2D eigenvalue weighted by atomic mass is 19.1. The SMILES string of the molecule is O=C(OCc1ccc(F)cc1F)N1C=Cc2ccccc2C1. The Balaban J connectivity index is 1.64. The molecule has 1 aliphatic heterocycles. The fourth-order valence-corrected chi connectivity index (χ4v) is 2.23. The van der Waals surface area contributed by atoms with Gasteiger partial charge in [-0.15, -0.1) is 0 Å². The number of rotatable bonds is 2. The summed E-state index contributed by atoms with van der Waals surface area (Å²) < 4.78 is 31.4. The minimum absolute atomic E-state index is 0.135. The molecule has 0 spiro atoms. The van der Waals surface area contributed by atoms with Crippen LogP contribution in [0, 0.1) is 11.6 Å². The number of carbonyl (C=O) groups excluding carboxylic acids is 1. The first-order valence-electron chi connectivity index (χ1n) is 6.77. The van der Waals surface area contributed by atoms with Crippen molar-refractivity contribution in [2.45, 2.75) is 13.2 Å². The quantitative estimate of drug-likeness (QED) is 0.836. The number of ether oxygens (including phenoxy) is 1.